The van der Waals surface area contributed by atoms with Crippen molar-refractivity contribution in [3.05, 3.63) is 80.9 Å². The lowest BCUT2D eigenvalue weighted by Gasteiger charge is -2.13. The number of halogens is 4. The minimum atomic E-state index is -2.14. The molecule has 40 heavy (non-hydrogen) atoms. The van der Waals surface area contributed by atoms with E-state index in [1.807, 2.05) is 20.8 Å². The van der Waals surface area contributed by atoms with Gasteiger partial charge in [0, 0.05) is 28.2 Å². The number of carbonyl (C=O) groups is 2. The Hall–Kier alpha value is -3.53. The van der Waals surface area contributed by atoms with Gasteiger partial charge < -0.3 is 15.4 Å². The zero-order chi connectivity index (χ0) is 30.2. The van der Waals surface area contributed by atoms with Gasteiger partial charge in [-0.3, -0.25) is 9.36 Å². The quantitative estimate of drug-likeness (QED) is 0.229. The molecule has 3 N–H and O–H groups in total. The lowest BCUT2D eigenvalue weighted by atomic mass is 9.98. The Kier molecular flexibility index (Phi) is 8.93. The van der Waals surface area contributed by atoms with E-state index in [2.05, 4.69) is 5.16 Å². The molecule has 7 nitrogen and oxygen atoms in total. The second kappa shape index (κ2) is 11.5. The molecule has 4 aromatic rings. The lowest BCUT2D eigenvalue weighted by molar-refractivity contribution is -0.131. The Morgan fingerprint density at radius 3 is 2.33 bits per heavy atom. The molecule has 0 unspecified atom stereocenters. The van der Waals surface area contributed by atoms with E-state index in [9.17, 15) is 14.0 Å². The van der Waals surface area contributed by atoms with Gasteiger partial charge in [-0.05, 0) is 76.9 Å². The monoisotopic (exact) mass is 591 g/mol. The Labute approximate surface area is 240 Å². The number of nitrogens with two attached hydrogens (primary N) is 1. The third kappa shape index (κ3) is 6.96. The Morgan fingerprint density at radius 2 is 1.77 bits per heavy atom. The summed E-state index contributed by atoms with van der Waals surface area (Å²) in [7, 11) is 0. The van der Waals surface area contributed by atoms with E-state index in [0.29, 0.717) is 22.0 Å². The average Bonchev–Trinajstić information content (AvgIpc) is 3.38. The van der Waals surface area contributed by atoms with Gasteiger partial charge >= 0.3 is 5.97 Å². The van der Waals surface area contributed by atoms with Crippen LogP contribution in [-0.2, 0) is 10.5 Å². The molecule has 0 aliphatic heterocycles. The summed E-state index contributed by atoms with van der Waals surface area (Å²) in [6.07, 6.45) is 3.92. The number of rotatable bonds is 5. The molecule has 0 spiro atoms. The van der Waals surface area contributed by atoms with Crippen LogP contribution in [-0.4, -0.2) is 32.2 Å². The highest BCUT2D eigenvalue weighted by Crippen LogP contribution is 2.40. The van der Waals surface area contributed by atoms with Crippen molar-refractivity contribution in [1.82, 2.24) is 9.72 Å². The van der Waals surface area contributed by atoms with Gasteiger partial charge in [-0.1, -0.05) is 40.5 Å². The first-order valence-corrected chi connectivity index (χ1v) is 12.8. The highest BCUT2D eigenvalue weighted by atomic mass is 35.5. The minimum absolute atomic E-state index is 0. The van der Waals surface area contributed by atoms with Gasteiger partial charge in [-0.25, -0.2) is 13.6 Å². The highest BCUT2D eigenvalue weighted by Gasteiger charge is 2.37. The third-order valence-corrected chi connectivity index (χ3v) is 5.88. The molecule has 2 aromatic carbocycles. The summed E-state index contributed by atoms with van der Waals surface area (Å²) in [6, 6.07) is 7.29. The van der Waals surface area contributed by atoms with Crippen LogP contribution in [0.15, 0.2) is 47.1 Å². The van der Waals surface area contributed by atoms with Crippen LogP contribution in [0.3, 0.4) is 0 Å². The van der Waals surface area contributed by atoms with Crippen LogP contribution in [0.25, 0.3) is 28.2 Å². The molecule has 0 fully saturated rings. The molecule has 2 aromatic heterocycles. The Balaban J connectivity index is 0.000000810. The number of hydrogen-bond donors (Lipinski definition) is 2. The number of nitrogens with zero attached hydrogens (tertiary/aromatic N) is 2. The number of carboxylic acid groups (broad SMARTS) is 1. The maximum Gasteiger partial charge on any atom is 0.328 e. The van der Waals surface area contributed by atoms with Gasteiger partial charge in [0.1, 0.15) is 17.1 Å². The van der Waals surface area contributed by atoms with Crippen molar-refractivity contribution in [2.24, 2.45) is 5.73 Å². The number of benzene rings is 2. The van der Waals surface area contributed by atoms with E-state index in [4.69, 9.17) is 38.6 Å². The summed E-state index contributed by atoms with van der Waals surface area (Å²) in [5, 5.41) is 13.3. The van der Waals surface area contributed by atoms with Crippen LogP contribution in [0, 0.1) is 12.7 Å². The van der Waals surface area contributed by atoms with Crippen molar-refractivity contribution < 1.29 is 28.0 Å². The van der Waals surface area contributed by atoms with Crippen LogP contribution >= 0.6 is 23.2 Å². The number of aromatic nitrogens is 2. The number of alkyl halides is 1. The van der Waals surface area contributed by atoms with E-state index < -0.39 is 29.1 Å². The fourth-order valence-corrected chi connectivity index (χ4v) is 4.50. The summed E-state index contributed by atoms with van der Waals surface area (Å²) >= 11 is 12.1. The number of carboxylic acids is 1. The lowest BCUT2D eigenvalue weighted by Crippen LogP contribution is -2.26. The van der Waals surface area contributed by atoms with E-state index in [1.54, 1.807) is 25.1 Å². The minimum Gasteiger partial charge on any atom is -0.478 e. The van der Waals surface area contributed by atoms with Gasteiger partial charge in [0.15, 0.2) is 11.4 Å². The van der Waals surface area contributed by atoms with Crippen LogP contribution in [0.5, 0.6) is 0 Å². The maximum atomic E-state index is 15.1. The molecule has 0 saturated heterocycles. The molecular weight excluding hydrogens is 563 g/mol. The van der Waals surface area contributed by atoms with Crippen LogP contribution in [0.4, 0.5) is 8.78 Å². The molecular formula is C29H29Cl2F2N3O4. The van der Waals surface area contributed by atoms with Gasteiger partial charge in [-0.15, -0.1) is 0 Å². The summed E-state index contributed by atoms with van der Waals surface area (Å²) in [5.41, 5.74) is 4.05. The fourth-order valence-electron chi connectivity index (χ4n) is 3.94. The maximum absolute atomic E-state index is 15.1. The van der Waals surface area contributed by atoms with Gasteiger partial charge in [0.2, 0.25) is 0 Å². The topological polar surface area (TPSA) is 111 Å². The van der Waals surface area contributed by atoms with Crippen molar-refractivity contribution in [3.8, 4) is 11.3 Å². The van der Waals surface area contributed by atoms with E-state index in [1.165, 1.54) is 36.8 Å². The van der Waals surface area contributed by atoms with Gasteiger partial charge in [0.25, 0.3) is 5.91 Å². The molecule has 0 aliphatic rings. The highest BCUT2D eigenvalue weighted by molar-refractivity contribution is 6.36. The molecule has 0 saturated carbocycles. The zero-order valence-electron chi connectivity index (χ0n) is 22.8. The largest absolute Gasteiger partial charge is 0.478 e. The number of aliphatic carboxylic acids is 1. The van der Waals surface area contributed by atoms with Gasteiger partial charge in [0.05, 0.1) is 16.1 Å². The smallest absolute Gasteiger partial charge is 0.328 e. The predicted molar refractivity (Wildman–Crippen MR) is 153 cm³/mol. The second-order valence-electron chi connectivity index (χ2n) is 10.7. The first-order chi connectivity index (χ1) is 18.4. The van der Waals surface area contributed by atoms with Gasteiger partial charge in [-0.2, -0.15) is 0 Å². The normalized spacial score (nSPS) is 12.1. The molecule has 0 amide bonds. The molecule has 0 aliphatic carbocycles. The van der Waals surface area contributed by atoms with E-state index in [0.717, 1.165) is 12.1 Å². The number of hydrogen-bond acceptors (Lipinski definition) is 5. The second-order valence-corrected chi connectivity index (χ2v) is 11.6. The van der Waals surface area contributed by atoms with Crippen LogP contribution < -0.4 is 5.73 Å². The van der Waals surface area contributed by atoms with Crippen molar-refractivity contribution in [2.75, 3.05) is 0 Å². The molecule has 0 atom stereocenters. The third-order valence-electron chi connectivity index (χ3n) is 5.37. The average molecular weight is 592 g/mol. The van der Waals surface area contributed by atoms with Crippen molar-refractivity contribution in [1.29, 1.82) is 0 Å². The van der Waals surface area contributed by atoms with Crippen molar-refractivity contribution >= 4 is 52.1 Å². The van der Waals surface area contributed by atoms with Crippen LogP contribution in [0.2, 0.25) is 10.0 Å². The van der Waals surface area contributed by atoms with E-state index in [-0.39, 0.29) is 32.4 Å². The molecule has 212 valence electrons. The first kappa shape index (κ1) is 31.0. The standard InChI is InChI=1S/C25H18Cl2F2N2O4.C4H11N/c1-12-11-31(17-6-4-5-13(19(12)17)7-8-18(32)33)24(34)21-22(30-35-23(21)25(2,3)29)20-15(27)9-14(26)10-16(20)28;1-4(2,3)5/h4-11H,1-3H3,(H,32,33);5H2,1-3H3/b8-7+;. The summed E-state index contributed by atoms with van der Waals surface area (Å²) in [6.45, 7) is 10.0. The Morgan fingerprint density at radius 1 is 1.15 bits per heavy atom. The summed E-state index contributed by atoms with van der Waals surface area (Å²) < 4.78 is 36.5. The molecule has 0 radical (unpaired) electrons. The van der Waals surface area contributed by atoms with E-state index >= 15 is 4.39 Å². The summed E-state index contributed by atoms with van der Waals surface area (Å²) in [4.78, 5) is 24.8. The molecule has 11 heteroatoms. The number of fused-ring (bicyclic) bond motifs is 1. The van der Waals surface area contributed by atoms with Crippen LogP contribution in [0.1, 0.15) is 61.9 Å². The number of aryl methyl sites for hydroxylation is 1. The van der Waals surface area contributed by atoms with Crippen molar-refractivity contribution in [3.63, 3.8) is 0 Å². The molecule has 2 heterocycles. The molecule has 4 rings (SSSR count). The first-order valence-electron chi connectivity index (χ1n) is 12.1. The predicted octanol–water partition coefficient (Wildman–Crippen LogP) is 7.79. The van der Waals surface area contributed by atoms with Crippen molar-refractivity contribution in [2.45, 2.75) is 52.8 Å². The zero-order valence-corrected chi connectivity index (χ0v) is 24.3. The molecule has 0 bridgehead atoms. The SMILES string of the molecule is CC(C)(C)N.Cc1cn(C(=O)c2c(-c3c(F)cc(Cl)cc3Cl)noc2C(C)(C)F)c2cccc(/C=C/C(=O)O)c12. The fraction of sp³-hybridized carbons (Fsp3) is 0.276. The summed E-state index contributed by atoms with van der Waals surface area (Å²) in [5.74, 6) is -3.11. The number of carbonyl (C=O) groups excluding carboxylic acids is 1. The Bertz CT molecular complexity index is 1600.